The predicted molar refractivity (Wildman–Crippen MR) is 82.5 cm³/mol. The molecular weight excluding hydrogens is 408 g/mol. The Balaban J connectivity index is 0.00000324. The number of halogens is 1. The van der Waals surface area contributed by atoms with Crippen LogP contribution in [0.25, 0.3) is 0 Å². The molecule has 0 saturated carbocycles. The van der Waals surface area contributed by atoms with E-state index >= 15 is 0 Å². The molecule has 19 heavy (non-hydrogen) atoms. The summed E-state index contributed by atoms with van der Waals surface area (Å²) in [7, 11) is 0. The minimum atomic E-state index is 0. The second kappa shape index (κ2) is 10.7. The van der Waals surface area contributed by atoms with E-state index in [9.17, 15) is 5.26 Å². The molecule has 0 spiro atoms. The van der Waals surface area contributed by atoms with Crippen molar-refractivity contribution in [3.05, 3.63) is 28.8 Å². The summed E-state index contributed by atoms with van der Waals surface area (Å²) in [5.41, 5.74) is 3.01. The van der Waals surface area contributed by atoms with Gasteiger partial charge in [0.15, 0.2) is 0 Å². The van der Waals surface area contributed by atoms with Crippen molar-refractivity contribution in [2.75, 3.05) is 11.0 Å². The maximum Gasteiger partial charge on any atom is 1.00 e. The zero-order chi connectivity index (χ0) is 13.5. The molecule has 4 nitrogen and oxygen atoms in total. The molecule has 0 saturated heterocycles. The van der Waals surface area contributed by atoms with Gasteiger partial charge in [-0.25, -0.2) is 0 Å². The van der Waals surface area contributed by atoms with Gasteiger partial charge in [0, 0.05) is 21.4 Å². The molecule has 0 aliphatic rings. The maximum absolute atomic E-state index is 9.82. The van der Waals surface area contributed by atoms with Crippen LogP contribution >= 0.6 is 46.9 Å². The largest absolute Gasteiger partial charge is 1.00 e. The van der Waals surface area contributed by atoms with E-state index in [0.717, 1.165) is 49.6 Å². The van der Waals surface area contributed by atoms with Gasteiger partial charge in [-0.3, -0.25) is 5.04 Å². The van der Waals surface area contributed by atoms with E-state index in [1.54, 1.807) is 0 Å². The first-order valence-electron chi connectivity index (χ1n) is 5.18. The summed E-state index contributed by atoms with van der Waals surface area (Å²) >= 11 is 8.53. The van der Waals surface area contributed by atoms with Crippen LogP contribution in [0.3, 0.4) is 0 Å². The topological polar surface area (TPSA) is 53.5 Å². The molecule has 1 aromatic carbocycles. The quantitative estimate of drug-likeness (QED) is 0.124. The first-order chi connectivity index (χ1) is 8.60. The van der Waals surface area contributed by atoms with Crippen LogP contribution in [0.4, 0.5) is 0 Å². The Labute approximate surface area is 158 Å². The first kappa shape index (κ1) is 20.1. The Hall–Kier alpha value is 1.07. The molecule has 0 aromatic heterocycles. The van der Waals surface area contributed by atoms with Crippen molar-refractivity contribution >= 4 is 51.8 Å². The minimum Gasteiger partial charge on any atom is -0.691 e. The summed E-state index contributed by atoms with van der Waals surface area (Å²) in [4.78, 5) is 1.58. The predicted octanol–water partition coefficient (Wildman–Crippen LogP) is -0.762. The second-order valence-corrected chi connectivity index (χ2v) is 5.83. The van der Waals surface area contributed by atoms with Crippen LogP contribution in [-0.4, -0.2) is 16.0 Å². The number of nitrogens with one attached hydrogen (secondary N) is 1. The SMILES string of the molecule is Cc1cc(C(=S)NCCI)c(C)cc1SOO[O-].[Na+]. The third-order valence-electron chi connectivity index (χ3n) is 2.30. The summed E-state index contributed by atoms with van der Waals surface area (Å²) in [5.74, 6) is 0. The van der Waals surface area contributed by atoms with Gasteiger partial charge in [0.25, 0.3) is 0 Å². The van der Waals surface area contributed by atoms with Gasteiger partial charge < -0.3 is 10.6 Å². The monoisotopic (exact) mass is 421 g/mol. The number of hydrogen-bond acceptors (Lipinski definition) is 5. The van der Waals surface area contributed by atoms with E-state index in [1.165, 1.54) is 0 Å². The third-order valence-corrected chi connectivity index (χ3v) is 3.94. The van der Waals surface area contributed by atoms with Gasteiger partial charge in [-0.05, 0) is 37.1 Å². The van der Waals surface area contributed by atoms with Gasteiger partial charge in [-0.2, -0.15) is 4.33 Å². The molecule has 0 radical (unpaired) electrons. The van der Waals surface area contributed by atoms with E-state index < -0.39 is 0 Å². The van der Waals surface area contributed by atoms with Crippen LogP contribution in [0.2, 0.25) is 0 Å². The normalized spacial score (nSPS) is 9.89. The van der Waals surface area contributed by atoms with Gasteiger partial charge in [0.1, 0.15) is 4.99 Å². The Morgan fingerprint density at radius 1 is 1.42 bits per heavy atom. The van der Waals surface area contributed by atoms with Crippen molar-refractivity contribution in [3.63, 3.8) is 0 Å². The fraction of sp³-hybridized carbons (Fsp3) is 0.364. The molecule has 0 aliphatic carbocycles. The van der Waals surface area contributed by atoms with Crippen LogP contribution in [0.5, 0.6) is 0 Å². The minimum absolute atomic E-state index is 0. The molecule has 0 unspecified atom stereocenters. The van der Waals surface area contributed by atoms with Crippen LogP contribution in [0, 0.1) is 13.8 Å². The fourth-order valence-electron chi connectivity index (χ4n) is 1.43. The number of benzene rings is 1. The number of aryl methyl sites for hydroxylation is 2. The molecule has 100 valence electrons. The molecule has 0 aliphatic heterocycles. The fourth-order valence-corrected chi connectivity index (χ4v) is 2.54. The van der Waals surface area contributed by atoms with Crippen molar-refractivity contribution in [2.24, 2.45) is 0 Å². The van der Waals surface area contributed by atoms with E-state index in [-0.39, 0.29) is 29.6 Å². The van der Waals surface area contributed by atoms with Crippen molar-refractivity contribution in [2.45, 2.75) is 18.7 Å². The number of hydrogen-bond donors (Lipinski definition) is 1. The van der Waals surface area contributed by atoms with Gasteiger partial charge in [0.05, 0.1) is 12.0 Å². The summed E-state index contributed by atoms with van der Waals surface area (Å²) in [6.45, 7) is 4.75. The smallest absolute Gasteiger partial charge is 0.691 e. The summed E-state index contributed by atoms with van der Waals surface area (Å²) in [5, 5.41) is 16.4. The van der Waals surface area contributed by atoms with E-state index in [4.69, 9.17) is 12.2 Å². The maximum atomic E-state index is 9.82. The van der Waals surface area contributed by atoms with Crippen molar-refractivity contribution < 1.29 is 44.2 Å². The Morgan fingerprint density at radius 2 is 2.11 bits per heavy atom. The van der Waals surface area contributed by atoms with Gasteiger partial charge in [-0.1, -0.05) is 34.8 Å². The number of rotatable bonds is 6. The van der Waals surface area contributed by atoms with Crippen LogP contribution in [0.1, 0.15) is 16.7 Å². The standard InChI is InChI=1S/C11H14INO3S2.Na/c1-7-6-10(18-16-15-14)8(2)5-9(7)11(17)13-4-3-12;/h5-6,14H,3-4H2,1-2H3,(H,13,17);/q;+1/p-1. The summed E-state index contributed by atoms with van der Waals surface area (Å²) < 4.78 is 5.33. The van der Waals surface area contributed by atoms with Gasteiger partial charge >= 0.3 is 29.6 Å². The van der Waals surface area contributed by atoms with Crippen molar-refractivity contribution in [1.29, 1.82) is 0 Å². The Kier molecular flexibility index (Phi) is 11.4. The second-order valence-electron chi connectivity index (χ2n) is 3.60. The molecular formula is C11H13INNaO3S2. The zero-order valence-corrected chi connectivity index (χ0v) is 16.8. The average molecular weight is 421 g/mol. The van der Waals surface area contributed by atoms with E-state index in [1.807, 2.05) is 26.0 Å². The number of thiocarbonyl (C=S) groups is 1. The first-order valence-corrected chi connectivity index (χ1v) is 7.86. The molecule has 0 fully saturated rings. The van der Waals surface area contributed by atoms with Crippen molar-refractivity contribution in [1.82, 2.24) is 5.32 Å². The Morgan fingerprint density at radius 3 is 2.68 bits per heavy atom. The summed E-state index contributed by atoms with van der Waals surface area (Å²) in [6, 6.07) is 3.90. The zero-order valence-electron chi connectivity index (χ0n) is 11.0. The molecule has 8 heteroatoms. The van der Waals surface area contributed by atoms with Gasteiger partial charge in [0.2, 0.25) is 0 Å². The average Bonchev–Trinajstić information content (AvgIpc) is 2.36. The molecule has 1 aromatic rings. The molecule has 0 atom stereocenters. The number of alkyl halides is 1. The molecule has 0 heterocycles. The molecule has 1 N–H and O–H groups in total. The molecule has 1 rings (SSSR count). The van der Waals surface area contributed by atoms with Crippen LogP contribution in [-0.2, 0) is 9.37 Å². The molecule has 0 amide bonds. The summed E-state index contributed by atoms with van der Waals surface area (Å²) in [6.07, 6.45) is 0. The van der Waals surface area contributed by atoms with Crippen LogP contribution in [0.15, 0.2) is 17.0 Å². The molecule has 0 bridgehead atoms. The Bertz CT molecular complexity index is 435. The van der Waals surface area contributed by atoms with Gasteiger partial charge in [-0.15, -0.1) is 0 Å². The van der Waals surface area contributed by atoms with Crippen LogP contribution < -0.4 is 40.1 Å². The third kappa shape index (κ3) is 6.58. The van der Waals surface area contributed by atoms with E-state index in [2.05, 4.69) is 37.3 Å². The van der Waals surface area contributed by atoms with E-state index in [0.29, 0.717) is 0 Å². The van der Waals surface area contributed by atoms with Crippen molar-refractivity contribution in [3.8, 4) is 0 Å².